The smallest absolute Gasteiger partial charge is 0.108 e. The zero-order valence-electron chi connectivity index (χ0n) is 14.0. The second kappa shape index (κ2) is 8.53. The molecule has 0 fully saturated rings. The average Bonchev–Trinajstić information content (AvgIpc) is 3.10. The van der Waals surface area contributed by atoms with Crippen LogP contribution in [-0.2, 0) is 17.9 Å². The van der Waals surface area contributed by atoms with Gasteiger partial charge in [0.1, 0.15) is 5.69 Å². The van der Waals surface area contributed by atoms with Crippen LogP contribution in [0.3, 0.4) is 0 Å². The molecule has 0 aliphatic carbocycles. The van der Waals surface area contributed by atoms with E-state index in [0.29, 0.717) is 19.8 Å². The number of hydrogen-bond donors (Lipinski definition) is 2. The van der Waals surface area contributed by atoms with Crippen molar-refractivity contribution in [2.75, 3.05) is 6.61 Å². The minimum Gasteiger partial charge on any atom is -0.373 e. The van der Waals surface area contributed by atoms with Gasteiger partial charge in [0.15, 0.2) is 0 Å². The third kappa shape index (κ3) is 4.96. The van der Waals surface area contributed by atoms with Gasteiger partial charge in [0, 0.05) is 6.04 Å². The Morgan fingerprint density at radius 2 is 1.48 bits per heavy atom. The van der Waals surface area contributed by atoms with Crippen molar-refractivity contribution in [1.29, 1.82) is 0 Å². The van der Waals surface area contributed by atoms with Crippen molar-refractivity contribution < 1.29 is 4.74 Å². The zero-order chi connectivity index (χ0) is 17.5. The van der Waals surface area contributed by atoms with E-state index in [1.165, 1.54) is 0 Å². The zero-order valence-corrected chi connectivity index (χ0v) is 14.0. The average molecular weight is 337 g/mol. The van der Waals surface area contributed by atoms with Crippen LogP contribution in [0.15, 0.2) is 66.9 Å². The number of nitrogens with zero attached hydrogens (tertiary/aromatic N) is 3. The quantitative estimate of drug-likeness (QED) is 0.657. The minimum atomic E-state index is -0.150. The third-order valence-corrected chi connectivity index (χ3v) is 3.97. The number of rotatable bonds is 8. The predicted octanol–water partition coefficient (Wildman–Crippen LogP) is 2.19. The van der Waals surface area contributed by atoms with Crippen LogP contribution in [0.4, 0.5) is 0 Å². The summed E-state index contributed by atoms with van der Waals surface area (Å²) in [5, 5.41) is 8.24. The molecule has 0 aliphatic heterocycles. The molecule has 2 aromatic carbocycles. The fourth-order valence-electron chi connectivity index (χ4n) is 2.59. The van der Waals surface area contributed by atoms with Crippen molar-refractivity contribution in [1.82, 2.24) is 15.0 Å². The van der Waals surface area contributed by atoms with Gasteiger partial charge < -0.3 is 16.2 Å². The van der Waals surface area contributed by atoms with Crippen LogP contribution in [0.25, 0.3) is 0 Å². The number of ether oxygens (including phenoxy) is 1. The van der Waals surface area contributed by atoms with Gasteiger partial charge in [-0.3, -0.25) is 4.68 Å². The molecule has 0 bridgehead atoms. The van der Waals surface area contributed by atoms with Crippen molar-refractivity contribution in [2.45, 2.75) is 25.2 Å². The van der Waals surface area contributed by atoms with E-state index >= 15 is 0 Å². The van der Waals surface area contributed by atoms with Gasteiger partial charge in [-0.05, 0) is 11.1 Å². The summed E-state index contributed by atoms with van der Waals surface area (Å²) in [4.78, 5) is 0. The maximum atomic E-state index is 6.20. The summed E-state index contributed by atoms with van der Waals surface area (Å²) in [6.45, 7) is 1.38. The Balaban J connectivity index is 1.47. The van der Waals surface area contributed by atoms with E-state index in [1.54, 1.807) is 4.68 Å². The molecule has 1 heterocycles. The number of benzene rings is 2. The molecule has 25 heavy (non-hydrogen) atoms. The topological polar surface area (TPSA) is 92.0 Å². The van der Waals surface area contributed by atoms with E-state index in [9.17, 15) is 0 Å². The first-order valence-corrected chi connectivity index (χ1v) is 8.30. The fraction of sp³-hybridized carbons (Fsp3) is 0.263. The normalized spacial score (nSPS) is 13.5. The molecule has 0 radical (unpaired) electrons. The van der Waals surface area contributed by atoms with Gasteiger partial charge in [-0.1, -0.05) is 65.9 Å². The summed E-state index contributed by atoms with van der Waals surface area (Å²) in [5.74, 6) is 0. The molecule has 0 saturated heterocycles. The molecule has 3 aromatic rings. The lowest BCUT2D eigenvalue weighted by atomic mass is 10.1. The van der Waals surface area contributed by atoms with E-state index in [1.807, 2.05) is 66.9 Å². The van der Waals surface area contributed by atoms with Gasteiger partial charge >= 0.3 is 0 Å². The Hall–Kier alpha value is -2.54. The fourth-order valence-corrected chi connectivity index (χ4v) is 2.59. The molecule has 4 N–H and O–H groups in total. The molecular formula is C19H23N5O. The lowest BCUT2D eigenvalue weighted by Gasteiger charge is -2.12. The third-order valence-electron chi connectivity index (χ3n) is 3.97. The largest absolute Gasteiger partial charge is 0.373 e. The Bertz CT molecular complexity index is 760. The van der Waals surface area contributed by atoms with Gasteiger partial charge in [-0.2, -0.15) is 0 Å². The van der Waals surface area contributed by atoms with Crippen LogP contribution in [0.1, 0.15) is 28.9 Å². The molecule has 6 nitrogen and oxygen atoms in total. The summed E-state index contributed by atoms with van der Waals surface area (Å²) in [6, 6.07) is 19.6. The molecule has 0 aliphatic rings. The standard InChI is InChI=1S/C19H23N5O/c20-18(15-7-3-1-4-8-15)12-24-11-17(22-23-24)13-25-14-19(21)16-9-5-2-6-10-16/h1-11,18-19H,12-14,20-21H2/t18-,19-/m1/s1. The lowest BCUT2D eigenvalue weighted by molar-refractivity contribution is 0.105. The molecule has 3 rings (SSSR count). The van der Waals surface area contributed by atoms with Crippen molar-refractivity contribution >= 4 is 0 Å². The lowest BCUT2D eigenvalue weighted by Crippen LogP contribution is -2.18. The van der Waals surface area contributed by atoms with Crippen LogP contribution in [0.2, 0.25) is 0 Å². The number of aromatic nitrogens is 3. The molecule has 1 aromatic heterocycles. The number of hydrogen-bond acceptors (Lipinski definition) is 5. The monoisotopic (exact) mass is 337 g/mol. The first-order valence-electron chi connectivity index (χ1n) is 8.30. The molecule has 0 unspecified atom stereocenters. The molecule has 2 atom stereocenters. The van der Waals surface area contributed by atoms with Crippen molar-refractivity contribution in [3.63, 3.8) is 0 Å². The molecule has 6 heteroatoms. The highest BCUT2D eigenvalue weighted by Crippen LogP contribution is 2.12. The van der Waals surface area contributed by atoms with Crippen LogP contribution >= 0.6 is 0 Å². The van der Waals surface area contributed by atoms with Gasteiger partial charge in [0.05, 0.1) is 32.0 Å². The van der Waals surface area contributed by atoms with E-state index in [2.05, 4.69) is 10.3 Å². The highest BCUT2D eigenvalue weighted by Gasteiger charge is 2.10. The summed E-state index contributed by atoms with van der Waals surface area (Å²) in [6.07, 6.45) is 1.86. The maximum absolute atomic E-state index is 6.20. The van der Waals surface area contributed by atoms with Crippen LogP contribution < -0.4 is 11.5 Å². The van der Waals surface area contributed by atoms with Crippen LogP contribution in [0, 0.1) is 0 Å². The Morgan fingerprint density at radius 3 is 2.12 bits per heavy atom. The maximum Gasteiger partial charge on any atom is 0.108 e. The van der Waals surface area contributed by atoms with E-state index in [0.717, 1.165) is 16.8 Å². The predicted molar refractivity (Wildman–Crippen MR) is 96.4 cm³/mol. The molecule has 0 saturated carbocycles. The first kappa shape index (κ1) is 17.3. The summed E-state index contributed by atoms with van der Waals surface area (Å²) in [7, 11) is 0. The van der Waals surface area contributed by atoms with Crippen LogP contribution in [-0.4, -0.2) is 21.6 Å². The summed E-state index contributed by atoms with van der Waals surface area (Å²) >= 11 is 0. The Labute approximate surface area is 147 Å². The minimum absolute atomic E-state index is 0.122. The van der Waals surface area contributed by atoms with Gasteiger partial charge in [-0.15, -0.1) is 5.10 Å². The van der Waals surface area contributed by atoms with Crippen LogP contribution in [0.5, 0.6) is 0 Å². The summed E-state index contributed by atoms with van der Waals surface area (Å²) in [5.41, 5.74) is 15.2. The highest BCUT2D eigenvalue weighted by atomic mass is 16.5. The first-order chi connectivity index (χ1) is 12.2. The number of nitrogens with two attached hydrogens (primary N) is 2. The van der Waals surface area contributed by atoms with Gasteiger partial charge in [0.2, 0.25) is 0 Å². The molecule has 0 amide bonds. The second-order valence-corrected chi connectivity index (χ2v) is 5.98. The highest BCUT2D eigenvalue weighted by molar-refractivity contribution is 5.19. The van der Waals surface area contributed by atoms with Gasteiger partial charge in [-0.25, -0.2) is 0 Å². The van der Waals surface area contributed by atoms with Crippen molar-refractivity contribution in [2.24, 2.45) is 11.5 Å². The second-order valence-electron chi connectivity index (χ2n) is 5.98. The Kier molecular flexibility index (Phi) is 5.90. The SMILES string of the molecule is N[C@H](COCc1cn(C[C@@H](N)c2ccccc2)nn1)c1ccccc1. The van der Waals surface area contributed by atoms with E-state index < -0.39 is 0 Å². The molecule has 0 spiro atoms. The molecular weight excluding hydrogens is 314 g/mol. The van der Waals surface area contributed by atoms with Gasteiger partial charge in [0.25, 0.3) is 0 Å². The summed E-state index contributed by atoms with van der Waals surface area (Å²) < 4.78 is 7.41. The van der Waals surface area contributed by atoms with E-state index in [4.69, 9.17) is 16.2 Å². The van der Waals surface area contributed by atoms with Crippen molar-refractivity contribution in [3.05, 3.63) is 83.7 Å². The Morgan fingerprint density at radius 1 is 0.880 bits per heavy atom. The van der Waals surface area contributed by atoms with Crippen molar-refractivity contribution in [3.8, 4) is 0 Å². The van der Waals surface area contributed by atoms with E-state index in [-0.39, 0.29) is 12.1 Å². The molecule has 130 valence electrons.